The molecule has 1 saturated heterocycles. The molecule has 23 heavy (non-hydrogen) atoms. The summed E-state index contributed by atoms with van der Waals surface area (Å²) in [5.41, 5.74) is 2.20. The smallest absolute Gasteiger partial charge is 0.315 e. The van der Waals surface area contributed by atoms with Crippen molar-refractivity contribution in [2.75, 3.05) is 18.8 Å². The Morgan fingerprint density at radius 2 is 2.04 bits per heavy atom. The van der Waals surface area contributed by atoms with E-state index in [1.54, 1.807) is 6.07 Å². The van der Waals surface area contributed by atoms with Crippen LogP contribution in [0.5, 0.6) is 5.75 Å². The summed E-state index contributed by atoms with van der Waals surface area (Å²) in [5, 5.41) is 0. The Morgan fingerprint density at radius 1 is 1.30 bits per heavy atom. The first-order valence-corrected chi connectivity index (χ1v) is 9.71. The topological polar surface area (TPSA) is 63.7 Å². The van der Waals surface area contributed by atoms with E-state index in [1.165, 1.54) is 4.31 Å². The molecule has 1 aromatic rings. The summed E-state index contributed by atoms with van der Waals surface area (Å²) in [6.45, 7) is 6.53. The van der Waals surface area contributed by atoms with Gasteiger partial charge in [-0.1, -0.05) is 13.0 Å². The monoisotopic (exact) mass is 339 g/mol. The second-order valence-corrected chi connectivity index (χ2v) is 8.27. The average Bonchev–Trinajstić information content (AvgIpc) is 2.51. The van der Waals surface area contributed by atoms with E-state index in [0.29, 0.717) is 31.6 Å². The first kappa shape index (κ1) is 17.9. The fourth-order valence-electron chi connectivity index (χ4n) is 2.75. The van der Waals surface area contributed by atoms with E-state index >= 15 is 0 Å². The number of sulfonamides is 1. The van der Waals surface area contributed by atoms with E-state index < -0.39 is 15.9 Å². The van der Waals surface area contributed by atoms with Gasteiger partial charge >= 0.3 is 5.97 Å². The van der Waals surface area contributed by atoms with Gasteiger partial charge in [-0.05, 0) is 56.4 Å². The lowest BCUT2D eigenvalue weighted by atomic mass is 10.00. The maximum Gasteiger partial charge on any atom is 0.315 e. The number of hydrogen-bond donors (Lipinski definition) is 0. The molecule has 1 fully saturated rings. The van der Waals surface area contributed by atoms with Gasteiger partial charge in [-0.15, -0.1) is 0 Å². The molecule has 0 aromatic heterocycles. The highest BCUT2D eigenvalue weighted by Gasteiger charge is 2.32. The molecular formula is C17H25NO4S. The van der Waals surface area contributed by atoms with Crippen LogP contribution >= 0.6 is 0 Å². The van der Waals surface area contributed by atoms with Crippen molar-refractivity contribution in [1.82, 2.24) is 4.31 Å². The maximum absolute atomic E-state index is 12.4. The summed E-state index contributed by atoms with van der Waals surface area (Å²) in [6, 6.07) is 5.52. The molecule has 0 saturated carbocycles. The zero-order valence-electron chi connectivity index (χ0n) is 14.0. The minimum absolute atomic E-state index is 0.131. The summed E-state index contributed by atoms with van der Waals surface area (Å²) in [7, 11) is -3.26. The standard InChI is InChI=1S/C17H25NO4S/c1-4-10-23(20,21)18-9-5-6-15(12-18)17(19)22-16-8-7-13(2)14(3)11-16/h7-8,11,15H,4-6,9-10,12H2,1-3H3/t15-/m1/s1. The Bertz CT molecular complexity index is 669. The van der Waals surface area contributed by atoms with Crippen molar-refractivity contribution in [2.45, 2.75) is 40.0 Å². The van der Waals surface area contributed by atoms with Gasteiger partial charge < -0.3 is 4.74 Å². The highest BCUT2D eigenvalue weighted by molar-refractivity contribution is 7.89. The molecule has 0 aliphatic carbocycles. The Hall–Kier alpha value is -1.40. The molecule has 1 heterocycles. The van der Waals surface area contributed by atoms with E-state index in [4.69, 9.17) is 4.74 Å². The largest absolute Gasteiger partial charge is 0.426 e. The molecule has 0 radical (unpaired) electrons. The third-order valence-corrected chi connectivity index (χ3v) is 6.31. The summed E-state index contributed by atoms with van der Waals surface area (Å²) < 4.78 is 31.2. The fraction of sp³-hybridized carbons (Fsp3) is 0.588. The quantitative estimate of drug-likeness (QED) is 0.611. The first-order chi connectivity index (χ1) is 10.8. The Labute approximate surface area is 138 Å². The fourth-order valence-corrected chi connectivity index (χ4v) is 4.34. The molecule has 128 valence electrons. The van der Waals surface area contributed by atoms with Crippen molar-refractivity contribution >= 4 is 16.0 Å². The molecule has 0 amide bonds. The summed E-state index contributed by atoms with van der Waals surface area (Å²) in [4.78, 5) is 12.4. The molecule has 1 atom stereocenters. The van der Waals surface area contributed by atoms with E-state index in [-0.39, 0.29) is 18.3 Å². The summed E-state index contributed by atoms with van der Waals surface area (Å²) in [6.07, 6.45) is 1.94. The van der Waals surface area contributed by atoms with Crippen LogP contribution in [0.4, 0.5) is 0 Å². The van der Waals surface area contributed by atoms with Crippen LogP contribution < -0.4 is 4.74 Å². The number of aryl methyl sites for hydroxylation is 2. The lowest BCUT2D eigenvalue weighted by molar-refractivity contribution is -0.140. The van der Waals surface area contributed by atoms with Crippen LogP contribution in [0.2, 0.25) is 0 Å². The van der Waals surface area contributed by atoms with Gasteiger partial charge in [0.1, 0.15) is 5.75 Å². The molecule has 2 rings (SSSR count). The van der Waals surface area contributed by atoms with Crippen molar-refractivity contribution in [1.29, 1.82) is 0 Å². The minimum atomic E-state index is -3.26. The second kappa shape index (κ2) is 7.45. The average molecular weight is 339 g/mol. The number of benzene rings is 1. The number of esters is 1. The van der Waals surface area contributed by atoms with E-state index in [0.717, 1.165) is 11.1 Å². The Morgan fingerprint density at radius 3 is 2.70 bits per heavy atom. The van der Waals surface area contributed by atoms with Crippen LogP contribution in [0.1, 0.15) is 37.3 Å². The maximum atomic E-state index is 12.4. The van der Waals surface area contributed by atoms with Gasteiger partial charge in [-0.2, -0.15) is 0 Å². The minimum Gasteiger partial charge on any atom is -0.426 e. The third kappa shape index (κ3) is 4.54. The van der Waals surface area contributed by atoms with Gasteiger partial charge in [0.15, 0.2) is 0 Å². The number of hydrogen-bond acceptors (Lipinski definition) is 4. The number of nitrogens with zero attached hydrogens (tertiary/aromatic N) is 1. The molecule has 0 bridgehead atoms. The molecule has 0 spiro atoms. The van der Waals surface area contributed by atoms with E-state index in [2.05, 4.69) is 0 Å². The van der Waals surface area contributed by atoms with Crippen LogP contribution in [0.15, 0.2) is 18.2 Å². The Kier molecular flexibility index (Phi) is 5.81. The summed E-state index contributed by atoms with van der Waals surface area (Å²) >= 11 is 0. The van der Waals surface area contributed by atoms with Crippen molar-refractivity contribution in [2.24, 2.45) is 5.92 Å². The van der Waals surface area contributed by atoms with Crippen LogP contribution in [0.25, 0.3) is 0 Å². The Balaban J connectivity index is 2.03. The highest BCUT2D eigenvalue weighted by atomic mass is 32.2. The zero-order valence-corrected chi connectivity index (χ0v) is 14.9. The van der Waals surface area contributed by atoms with Gasteiger partial charge in [0.2, 0.25) is 10.0 Å². The van der Waals surface area contributed by atoms with Gasteiger partial charge in [0.25, 0.3) is 0 Å². The lowest BCUT2D eigenvalue weighted by Gasteiger charge is -2.30. The van der Waals surface area contributed by atoms with Crippen molar-refractivity contribution < 1.29 is 17.9 Å². The number of rotatable bonds is 5. The number of ether oxygens (including phenoxy) is 1. The predicted molar refractivity (Wildman–Crippen MR) is 89.9 cm³/mol. The number of piperidine rings is 1. The van der Waals surface area contributed by atoms with Gasteiger partial charge in [-0.25, -0.2) is 12.7 Å². The molecule has 0 unspecified atom stereocenters. The predicted octanol–water partition coefficient (Wildman–Crippen LogP) is 2.66. The highest BCUT2D eigenvalue weighted by Crippen LogP contribution is 2.23. The zero-order chi connectivity index (χ0) is 17.0. The third-order valence-electron chi connectivity index (χ3n) is 4.27. The van der Waals surface area contributed by atoms with E-state index in [9.17, 15) is 13.2 Å². The van der Waals surface area contributed by atoms with Crippen molar-refractivity contribution in [3.05, 3.63) is 29.3 Å². The normalized spacial score (nSPS) is 19.5. The number of carbonyl (C=O) groups excluding carboxylic acids is 1. The molecular weight excluding hydrogens is 314 g/mol. The first-order valence-electron chi connectivity index (χ1n) is 8.10. The van der Waals surface area contributed by atoms with Gasteiger partial charge in [-0.3, -0.25) is 4.79 Å². The van der Waals surface area contributed by atoms with Crippen LogP contribution in [0.3, 0.4) is 0 Å². The van der Waals surface area contributed by atoms with Crippen LogP contribution in [-0.4, -0.2) is 37.5 Å². The van der Waals surface area contributed by atoms with Gasteiger partial charge in [0, 0.05) is 13.1 Å². The SMILES string of the molecule is CCCS(=O)(=O)N1CCC[C@@H](C(=O)Oc2ccc(C)c(C)c2)C1. The van der Waals surface area contributed by atoms with Gasteiger partial charge in [0.05, 0.1) is 11.7 Å². The second-order valence-electron chi connectivity index (χ2n) is 6.18. The van der Waals surface area contributed by atoms with Crippen molar-refractivity contribution in [3.8, 4) is 5.75 Å². The van der Waals surface area contributed by atoms with E-state index in [1.807, 2.05) is 32.9 Å². The molecule has 1 aliphatic heterocycles. The molecule has 1 aromatic carbocycles. The number of carbonyl (C=O) groups is 1. The molecule has 1 aliphatic rings. The summed E-state index contributed by atoms with van der Waals surface area (Å²) in [5.74, 6) is -0.0837. The molecule has 5 nitrogen and oxygen atoms in total. The van der Waals surface area contributed by atoms with Crippen LogP contribution in [0, 0.1) is 19.8 Å². The van der Waals surface area contributed by atoms with Crippen LogP contribution in [-0.2, 0) is 14.8 Å². The molecule has 6 heteroatoms. The molecule has 0 N–H and O–H groups in total. The lowest BCUT2D eigenvalue weighted by Crippen LogP contribution is -2.44. The van der Waals surface area contributed by atoms with Crippen molar-refractivity contribution in [3.63, 3.8) is 0 Å².